The van der Waals surface area contributed by atoms with Gasteiger partial charge in [0.2, 0.25) is 11.8 Å². The molecule has 0 spiro atoms. The highest BCUT2D eigenvalue weighted by Crippen LogP contribution is 2.09. The molecule has 1 aromatic rings. The fraction of sp³-hybridized carbons (Fsp3) is 0.154. The maximum absolute atomic E-state index is 11.0. The van der Waals surface area contributed by atoms with Gasteiger partial charge in [0.1, 0.15) is 12.7 Å². The van der Waals surface area contributed by atoms with Gasteiger partial charge >= 0.3 is 0 Å². The number of β-lactam (4-membered cyclic amide) rings is 2. The Morgan fingerprint density at radius 1 is 1.18 bits per heavy atom. The number of nitrogens with zero attached hydrogens (tertiary/aromatic N) is 1. The van der Waals surface area contributed by atoms with Crippen molar-refractivity contribution < 1.29 is 14.4 Å². The number of carbonyl (C=O) groups is 3. The molecule has 0 N–H and O–H groups in total. The van der Waals surface area contributed by atoms with E-state index in [1.807, 2.05) is 0 Å². The van der Waals surface area contributed by atoms with Gasteiger partial charge in [-0.15, -0.1) is 0 Å². The second-order valence-electron chi connectivity index (χ2n) is 3.59. The number of hydrogen-bond acceptors (Lipinski definition) is 3. The van der Waals surface area contributed by atoms with Gasteiger partial charge < -0.3 is 0 Å². The molecule has 1 fully saturated rings. The topological polar surface area (TPSA) is 54.5 Å². The van der Waals surface area contributed by atoms with Crippen LogP contribution in [0.2, 0.25) is 0 Å². The number of rotatable bonds is 2. The van der Waals surface area contributed by atoms with Crippen molar-refractivity contribution in [1.29, 1.82) is 0 Å². The molecular weight excluding hydrogens is 218 g/mol. The SMILES string of the molecule is O=Cc1ccc(C#CCN2C(=O)CC2=O)cc1. The van der Waals surface area contributed by atoms with E-state index in [2.05, 4.69) is 11.8 Å². The third-order valence-electron chi connectivity index (χ3n) is 2.42. The lowest BCUT2D eigenvalue weighted by Crippen LogP contribution is -2.48. The molecule has 1 saturated heterocycles. The molecule has 4 heteroatoms. The summed E-state index contributed by atoms with van der Waals surface area (Å²) in [5, 5.41) is 0. The summed E-state index contributed by atoms with van der Waals surface area (Å²) in [6.07, 6.45) is 0.754. The van der Waals surface area contributed by atoms with E-state index < -0.39 is 0 Å². The summed E-state index contributed by atoms with van der Waals surface area (Å²) in [6.45, 7) is 0.132. The van der Waals surface area contributed by atoms with Crippen molar-refractivity contribution >= 4 is 18.1 Å². The van der Waals surface area contributed by atoms with Gasteiger partial charge in [-0.05, 0) is 12.1 Å². The van der Waals surface area contributed by atoms with E-state index in [0.29, 0.717) is 5.56 Å². The molecule has 0 aromatic heterocycles. The average molecular weight is 227 g/mol. The Kier molecular flexibility index (Phi) is 3.01. The quantitative estimate of drug-likeness (QED) is 0.322. The number of carbonyl (C=O) groups excluding carboxylic acids is 3. The minimum Gasteiger partial charge on any atom is -0.298 e. The van der Waals surface area contributed by atoms with E-state index in [0.717, 1.165) is 16.7 Å². The zero-order valence-electron chi connectivity index (χ0n) is 8.97. The molecule has 2 amide bonds. The van der Waals surface area contributed by atoms with Crippen molar-refractivity contribution in [1.82, 2.24) is 4.90 Å². The average Bonchev–Trinajstić information content (AvgIpc) is 2.35. The molecule has 0 radical (unpaired) electrons. The molecule has 1 aliphatic heterocycles. The summed E-state index contributed by atoms with van der Waals surface area (Å²) < 4.78 is 0. The molecule has 1 aromatic carbocycles. The standard InChI is InChI=1S/C13H9NO3/c15-9-11-5-3-10(4-6-11)2-1-7-14-12(16)8-13(14)17/h3-6,9H,7-8H2. The summed E-state index contributed by atoms with van der Waals surface area (Å²) in [7, 11) is 0. The van der Waals surface area contributed by atoms with Gasteiger partial charge in [0, 0.05) is 11.1 Å². The normalized spacial score (nSPS) is 13.8. The molecule has 0 atom stereocenters. The van der Waals surface area contributed by atoms with Gasteiger partial charge in [-0.1, -0.05) is 24.0 Å². The second-order valence-corrected chi connectivity index (χ2v) is 3.59. The molecule has 4 nitrogen and oxygen atoms in total. The fourth-order valence-electron chi connectivity index (χ4n) is 1.41. The molecule has 1 aliphatic rings. The van der Waals surface area contributed by atoms with Gasteiger partial charge in [-0.2, -0.15) is 0 Å². The predicted molar refractivity (Wildman–Crippen MR) is 60.0 cm³/mol. The minimum atomic E-state index is -0.180. The number of hydrogen-bond donors (Lipinski definition) is 0. The molecule has 1 heterocycles. The minimum absolute atomic E-state index is 0.00425. The van der Waals surface area contributed by atoms with Crippen LogP contribution in [0.5, 0.6) is 0 Å². The van der Waals surface area contributed by atoms with Crippen molar-refractivity contribution in [2.45, 2.75) is 6.42 Å². The van der Waals surface area contributed by atoms with Crippen molar-refractivity contribution in [3.8, 4) is 11.8 Å². The number of amides is 2. The molecule has 0 saturated carbocycles. The van der Waals surface area contributed by atoms with E-state index >= 15 is 0 Å². The Balaban J connectivity index is 1.98. The molecule has 84 valence electrons. The maximum atomic E-state index is 11.0. The Bertz CT molecular complexity index is 520. The Morgan fingerprint density at radius 2 is 1.82 bits per heavy atom. The summed E-state index contributed by atoms with van der Waals surface area (Å²) in [5.41, 5.74) is 1.33. The summed E-state index contributed by atoms with van der Waals surface area (Å²) in [5.74, 6) is 5.21. The van der Waals surface area contributed by atoms with Crippen molar-refractivity contribution in [3.63, 3.8) is 0 Å². The van der Waals surface area contributed by atoms with E-state index in [1.54, 1.807) is 24.3 Å². The number of imide groups is 1. The third-order valence-corrected chi connectivity index (χ3v) is 2.42. The number of aldehydes is 1. The molecule has 0 bridgehead atoms. The Labute approximate surface area is 98.2 Å². The van der Waals surface area contributed by atoms with Gasteiger partial charge in [-0.25, -0.2) is 0 Å². The number of benzene rings is 1. The van der Waals surface area contributed by atoms with Crippen LogP contribution in [0, 0.1) is 11.8 Å². The highest BCUT2D eigenvalue weighted by Gasteiger charge is 2.32. The van der Waals surface area contributed by atoms with Crippen molar-refractivity contribution in [3.05, 3.63) is 35.4 Å². The van der Waals surface area contributed by atoms with Crippen LogP contribution >= 0.6 is 0 Å². The van der Waals surface area contributed by atoms with Gasteiger partial charge in [0.15, 0.2) is 0 Å². The monoisotopic (exact) mass is 227 g/mol. The van der Waals surface area contributed by atoms with Gasteiger partial charge in [0.05, 0.1) is 6.54 Å². The lowest BCUT2D eigenvalue weighted by Gasteiger charge is -2.25. The van der Waals surface area contributed by atoms with E-state index in [4.69, 9.17) is 0 Å². The van der Waals surface area contributed by atoms with Crippen LogP contribution in [0.3, 0.4) is 0 Å². The lowest BCUT2D eigenvalue weighted by molar-refractivity contribution is -0.156. The lowest BCUT2D eigenvalue weighted by atomic mass is 10.1. The highest BCUT2D eigenvalue weighted by molar-refractivity contribution is 6.15. The summed E-state index contributed by atoms with van der Waals surface area (Å²) in [4.78, 5) is 33.5. The Hall–Kier alpha value is -2.41. The fourth-order valence-corrected chi connectivity index (χ4v) is 1.41. The molecule has 17 heavy (non-hydrogen) atoms. The van der Waals surface area contributed by atoms with Crippen LogP contribution in [-0.4, -0.2) is 29.5 Å². The first-order valence-electron chi connectivity index (χ1n) is 5.08. The van der Waals surface area contributed by atoms with E-state index in [9.17, 15) is 14.4 Å². The smallest absolute Gasteiger partial charge is 0.239 e. The molecule has 0 aliphatic carbocycles. The van der Waals surface area contributed by atoms with Crippen molar-refractivity contribution in [2.75, 3.05) is 6.54 Å². The maximum Gasteiger partial charge on any atom is 0.239 e. The van der Waals surface area contributed by atoms with Crippen LogP contribution in [0.4, 0.5) is 0 Å². The van der Waals surface area contributed by atoms with Gasteiger partial charge in [-0.3, -0.25) is 19.3 Å². The van der Waals surface area contributed by atoms with Crippen LogP contribution < -0.4 is 0 Å². The van der Waals surface area contributed by atoms with E-state index in [1.165, 1.54) is 0 Å². The predicted octanol–water partition coefficient (Wildman–Crippen LogP) is 0.610. The summed E-state index contributed by atoms with van der Waals surface area (Å²) in [6, 6.07) is 6.76. The number of likely N-dealkylation sites (tertiary alicyclic amines) is 1. The van der Waals surface area contributed by atoms with Crippen molar-refractivity contribution in [2.24, 2.45) is 0 Å². The second kappa shape index (κ2) is 4.62. The first-order valence-corrected chi connectivity index (χ1v) is 5.08. The third kappa shape index (κ3) is 2.40. The zero-order chi connectivity index (χ0) is 12.3. The van der Waals surface area contributed by atoms with Crippen LogP contribution in [0.1, 0.15) is 22.3 Å². The molecule has 0 unspecified atom stereocenters. The largest absolute Gasteiger partial charge is 0.298 e. The zero-order valence-corrected chi connectivity index (χ0v) is 8.97. The summed E-state index contributed by atoms with van der Waals surface area (Å²) >= 11 is 0. The highest BCUT2D eigenvalue weighted by atomic mass is 16.2. The Morgan fingerprint density at radius 3 is 2.35 bits per heavy atom. The molecule has 2 rings (SSSR count). The van der Waals surface area contributed by atoms with Crippen LogP contribution in [0.15, 0.2) is 24.3 Å². The van der Waals surface area contributed by atoms with Gasteiger partial charge in [0.25, 0.3) is 0 Å². The first-order chi connectivity index (χ1) is 8.20. The van der Waals surface area contributed by atoms with E-state index in [-0.39, 0.29) is 24.8 Å². The van der Waals surface area contributed by atoms with Crippen LogP contribution in [0.25, 0.3) is 0 Å². The first kappa shape index (κ1) is 11.1. The van der Waals surface area contributed by atoms with Crippen LogP contribution in [-0.2, 0) is 9.59 Å². The molecular formula is C13H9NO3.